The van der Waals surface area contributed by atoms with E-state index in [-0.39, 0.29) is 11.5 Å². The molecule has 9 heteroatoms. The molecular weight excluding hydrogens is 265 g/mol. The highest BCUT2D eigenvalue weighted by Crippen LogP contribution is 2.24. The third-order valence-electron chi connectivity index (χ3n) is 2.12. The van der Waals surface area contributed by atoms with Crippen LogP contribution in [0.1, 0.15) is 4.88 Å². The molecule has 0 unspecified atom stereocenters. The Kier molecular flexibility index (Phi) is 3.06. The minimum atomic E-state index is -1.09. The molecule has 0 bridgehead atoms. The summed E-state index contributed by atoms with van der Waals surface area (Å²) in [5.74, 6) is -1.08. The Bertz CT molecular complexity index is 717. The molecule has 0 amide bonds. The van der Waals surface area contributed by atoms with E-state index in [1.165, 1.54) is 12.1 Å². The van der Waals surface area contributed by atoms with Gasteiger partial charge in [0, 0.05) is 10.9 Å². The van der Waals surface area contributed by atoms with Crippen molar-refractivity contribution in [2.24, 2.45) is 0 Å². The van der Waals surface area contributed by atoms with E-state index in [0.29, 0.717) is 4.88 Å². The molecule has 0 aliphatic carbocycles. The summed E-state index contributed by atoms with van der Waals surface area (Å²) in [4.78, 5) is 34.4. The molecule has 0 spiro atoms. The Morgan fingerprint density at radius 2 is 2.17 bits per heavy atom. The van der Waals surface area contributed by atoms with Crippen LogP contribution in [0.2, 0.25) is 0 Å². The topological polar surface area (TPSA) is 98.0 Å². The summed E-state index contributed by atoms with van der Waals surface area (Å²) in [5, 5.41) is 10.4. The Balaban J connectivity index is 2.34. The third-order valence-corrected chi connectivity index (χ3v) is 3.14. The molecule has 2 aromatic rings. The van der Waals surface area contributed by atoms with Crippen LogP contribution in [0.4, 0.5) is 9.39 Å². The van der Waals surface area contributed by atoms with E-state index in [1.54, 1.807) is 4.98 Å². The van der Waals surface area contributed by atoms with Gasteiger partial charge in [-0.2, -0.15) is 4.39 Å². The van der Waals surface area contributed by atoms with E-state index >= 15 is 0 Å². The van der Waals surface area contributed by atoms with Crippen LogP contribution in [-0.4, -0.2) is 14.5 Å². The largest absolute Gasteiger partial charge is 0.328 e. The summed E-state index contributed by atoms with van der Waals surface area (Å²) in [5.41, 5.74) is -1.86. The van der Waals surface area contributed by atoms with Gasteiger partial charge in [0.25, 0.3) is 5.56 Å². The first kappa shape index (κ1) is 12.2. The fourth-order valence-corrected chi connectivity index (χ4v) is 2.14. The molecule has 18 heavy (non-hydrogen) atoms. The molecule has 0 aliphatic heterocycles. The van der Waals surface area contributed by atoms with Crippen LogP contribution in [0.3, 0.4) is 0 Å². The maximum Gasteiger partial charge on any atom is 0.328 e. The van der Waals surface area contributed by atoms with Crippen LogP contribution in [0, 0.1) is 15.9 Å². The van der Waals surface area contributed by atoms with Gasteiger partial charge in [0.1, 0.15) is 0 Å². The lowest BCUT2D eigenvalue weighted by atomic mass is 10.4. The molecule has 2 rings (SSSR count). The lowest BCUT2D eigenvalue weighted by Crippen LogP contribution is -2.31. The molecule has 0 radical (unpaired) electrons. The van der Waals surface area contributed by atoms with Crippen LogP contribution in [0.15, 0.2) is 27.9 Å². The Hall–Kier alpha value is -2.29. The highest BCUT2D eigenvalue weighted by molar-refractivity contribution is 7.15. The Morgan fingerprint density at radius 3 is 2.78 bits per heavy atom. The van der Waals surface area contributed by atoms with Crippen molar-refractivity contribution in [3.8, 4) is 0 Å². The normalized spacial score (nSPS) is 10.5. The fraction of sp³-hybridized carbons (Fsp3) is 0.111. The number of halogens is 1. The summed E-state index contributed by atoms with van der Waals surface area (Å²) in [6.07, 6.45) is 0.771. The van der Waals surface area contributed by atoms with Gasteiger partial charge < -0.3 is 0 Å². The van der Waals surface area contributed by atoms with Crippen LogP contribution in [0.5, 0.6) is 0 Å². The van der Waals surface area contributed by atoms with E-state index in [1.807, 2.05) is 0 Å². The van der Waals surface area contributed by atoms with Gasteiger partial charge in [0.15, 0.2) is 0 Å². The van der Waals surface area contributed by atoms with E-state index in [2.05, 4.69) is 0 Å². The number of aromatic nitrogens is 2. The number of H-pyrrole nitrogens is 1. The van der Waals surface area contributed by atoms with Crippen LogP contribution < -0.4 is 11.2 Å². The molecule has 0 aromatic carbocycles. The molecule has 0 saturated heterocycles. The number of aromatic amines is 1. The molecule has 1 N–H and O–H groups in total. The smallest absolute Gasteiger partial charge is 0.292 e. The quantitative estimate of drug-likeness (QED) is 0.656. The van der Waals surface area contributed by atoms with Gasteiger partial charge in [0.05, 0.1) is 17.7 Å². The summed E-state index contributed by atoms with van der Waals surface area (Å²) in [6, 6.07) is 2.77. The number of nitrogens with zero attached hydrogens (tertiary/aromatic N) is 2. The number of hydrogen-bond donors (Lipinski definition) is 1. The predicted molar refractivity (Wildman–Crippen MR) is 61.4 cm³/mol. The summed E-state index contributed by atoms with van der Waals surface area (Å²) >= 11 is 0.881. The van der Waals surface area contributed by atoms with Gasteiger partial charge in [-0.25, -0.2) is 4.79 Å². The average molecular weight is 271 g/mol. The zero-order valence-electron chi connectivity index (χ0n) is 8.75. The minimum absolute atomic E-state index is 0.0367. The van der Waals surface area contributed by atoms with E-state index in [9.17, 15) is 24.1 Å². The molecule has 94 valence electrons. The van der Waals surface area contributed by atoms with Crippen LogP contribution >= 0.6 is 11.3 Å². The van der Waals surface area contributed by atoms with Crippen molar-refractivity contribution >= 4 is 16.3 Å². The molecular formula is C9H6FN3O4S. The highest BCUT2D eigenvalue weighted by Gasteiger charge is 2.11. The zero-order chi connectivity index (χ0) is 13.3. The van der Waals surface area contributed by atoms with Gasteiger partial charge in [-0.1, -0.05) is 11.3 Å². The first-order valence-electron chi connectivity index (χ1n) is 4.70. The van der Waals surface area contributed by atoms with Crippen molar-refractivity contribution in [3.63, 3.8) is 0 Å². The molecule has 7 nitrogen and oxygen atoms in total. The first-order chi connectivity index (χ1) is 8.47. The summed E-state index contributed by atoms with van der Waals surface area (Å²) in [6.45, 7) is -0.0367. The number of thiophene rings is 1. The fourth-order valence-electron chi connectivity index (χ4n) is 1.32. The second-order valence-corrected chi connectivity index (χ2v) is 4.51. The maximum atomic E-state index is 13.0. The van der Waals surface area contributed by atoms with Crippen LogP contribution in [0.25, 0.3) is 0 Å². The van der Waals surface area contributed by atoms with Crippen molar-refractivity contribution in [2.45, 2.75) is 6.54 Å². The Labute approximate surface area is 102 Å². The van der Waals surface area contributed by atoms with E-state index < -0.39 is 22.0 Å². The number of hydrogen-bond acceptors (Lipinski definition) is 5. The van der Waals surface area contributed by atoms with E-state index in [0.717, 1.165) is 22.1 Å². The highest BCUT2D eigenvalue weighted by atomic mass is 32.1. The second-order valence-electron chi connectivity index (χ2n) is 3.36. The van der Waals surface area contributed by atoms with Crippen LogP contribution in [-0.2, 0) is 6.54 Å². The lowest BCUT2D eigenvalue weighted by molar-refractivity contribution is -0.380. The third kappa shape index (κ3) is 2.35. The molecule has 0 aliphatic rings. The Morgan fingerprint density at radius 1 is 1.44 bits per heavy atom. The zero-order valence-corrected chi connectivity index (χ0v) is 9.57. The van der Waals surface area contributed by atoms with Gasteiger partial charge in [-0.3, -0.25) is 24.5 Å². The average Bonchev–Trinajstić information content (AvgIpc) is 2.74. The molecule has 0 saturated carbocycles. The van der Waals surface area contributed by atoms with Crippen molar-refractivity contribution in [2.75, 3.05) is 0 Å². The van der Waals surface area contributed by atoms with Gasteiger partial charge in [0.2, 0.25) is 5.82 Å². The minimum Gasteiger partial charge on any atom is -0.292 e. The van der Waals surface area contributed by atoms with Crippen molar-refractivity contribution < 1.29 is 9.31 Å². The molecule has 2 aromatic heterocycles. The van der Waals surface area contributed by atoms with Gasteiger partial charge in [-0.15, -0.1) is 0 Å². The standard InChI is InChI=1S/C9H6FN3O4S/c10-6-4-12(9(15)11-8(6)14)3-5-1-2-7(18-5)13(16)17/h1-2,4H,3H2,(H,11,14,15). The number of rotatable bonds is 3. The SMILES string of the molecule is O=c1[nH]c(=O)n(Cc2ccc([N+](=O)[O-])s2)cc1F. The monoisotopic (exact) mass is 271 g/mol. The molecule has 0 atom stereocenters. The lowest BCUT2D eigenvalue weighted by Gasteiger charge is -2.01. The van der Waals surface area contributed by atoms with E-state index in [4.69, 9.17) is 0 Å². The van der Waals surface area contributed by atoms with Crippen molar-refractivity contribution in [1.82, 2.24) is 9.55 Å². The number of nitro groups is 1. The second kappa shape index (κ2) is 4.53. The molecule has 0 fully saturated rings. The van der Waals surface area contributed by atoms with Crippen molar-refractivity contribution in [3.05, 3.63) is 60.0 Å². The summed E-state index contributed by atoms with van der Waals surface area (Å²) in [7, 11) is 0. The first-order valence-corrected chi connectivity index (χ1v) is 5.51. The predicted octanol–water partition coefficient (Wildman–Crippen LogP) is 0.694. The molecule has 2 heterocycles. The summed E-state index contributed by atoms with van der Waals surface area (Å²) < 4.78 is 13.9. The maximum absolute atomic E-state index is 13.0. The van der Waals surface area contributed by atoms with Gasteiger partial charge in [-0.05, 0) is 6.07 Å². The number of nitrogens with one attached hydrogen (secondary N) is 1. The van der Waals surface area contributed by atoms with Gasteiger partial charge >= 0.3 is 10.7 Å². The van der Waals surface area contributed by atoms with Crippen molar-refractivity contribution in [1.29, 1.82) is 0 Å².